The minimum Gasteiger partial charge on any atom is -0.364 e. The fraction of sp³-hybridized carbons (Fsp3) is 0.500. The van der Waals surface area contributed by atoms with E-state index in [0.29, 0.717) is 12.8 Å². The molecular formula is C12H14FN3OS. The molecule has 4 nitrogen and oxygen atoms in total. The first-order valence-electron chi connectivity index (χ1n) is 5.80. The first-order valence-corrected chi connectivity index (χ1v) is 6.68. The zero-order valence-electron chi connectivity index (χ0n) is 9.78. The highest BCUT2D eigenvalue weighted by molar-refractivity contribution is 7.99. The van der Waals surface area contributed by atoms with Crippen LogP contribution in [0.1, 0.15) is 12.8 Å². The number of hydrogen-bond donors (Lipinski definition) is 0. The first kappa shape index (κ1) is 13.2. The van der Waals surface area contributed by atoms with Crippen LogP contribution in [0.25, 0.3) is 10.4 Å². The molecule has 0 spiro atoms. The Bertz CT molecular complexity index is 425. The Morgan fingerprint density at radius 3 is 2.89 bits per heavy atom. The minimum atomic E-state index is -0.890. The van der Waals surface area contributed by atoms with Crippen molar-refractivity contribution >= 4 is 11.8 Å². The van der Waals surface area contributed by atoms with Crippen molar-refractivity contribution in [3.8, 4) is 0 Å². The van der Waals surface area contributed by atoms with Gasteiger partial charge in [-0.2, -0.15) is 0 Å². The largest absolute Gasteiger partial charge is 0.364 e. The van der Waals surface area contributed by atoms with Gasteiger partial charge in [0.1, 0.15) is 11.6 Å². The van der Waals surface area contributed by atoms with Gasteiger partial charge in [0.2, 0.25) is 0 Å². The average molecular weight is 267 g/mol. The van der Waals surface area contributed by atoms with Crippen molar-refractivity contribution < 1.29 is 9.13 Å². The SMILES string of the molecule is [N-]=[N+]=NC[C@@H]1C[C@H](F)C[C@H](Sc2ccccc2)O1. The van der Waals surface area contributed by atoms with Gasteiger partial charge >= 0.3 is 0 Å². The zero-order chi connectivity index (χ0) is 12.8. The predicted molar refractivity (Wildman–Crippen MR) is 69.1 cm³/mol. The number of rotatable bonds is 4. The molecule has 1 saturated heterocycles. The topological polar surface area (TPSA) is 58.0 Å². The maximum Gasteiger partial charge on any atom is 0.110 e. The molecule has 0 N–H and O–H groups in total. The fourth-order valence-electron chi connectivity index (χ4n) is 1.89. The van der Waals surface area contributed by atoms with Gasteiger partial charge < -0.3 is 4.74 Å². The van der Waals surface area contributed by atoms with Crippen molar-refractivity contribution in [1.82, 2.24) is 0 Å². The summed E-state index contributed by atoms with van der Waals surface area (Å²) in [6.45, 7) is 0.197. The normalized spacial score (nSPS) is 27.5. The number of thioether (sulfide) groups is 1. The number of alkyl halides is 1. The maximum absolute atomic E-state index is 13.6. The van der Waals surface area contributed by atoms with Crippen LogP contribution in [0.2, 0.25) is 0 Å². The van der Waals surface area contributed by atoms with Crippen molar-refractivity contribution in [1.29, 1.82) is 0 Å². The Balaban J connectivity index is 1.94. The number of nitrogens with zero attached hydrogens (tertiary/aromatic N) is 3. The lowest BCUT2D eigenvalue weighted by Gasteiger charge is -2.31. The molecule has 6 heteroatoms. The Morgan fingerprint density at radius 2 is 2.17 bits per heavy atom. The Kier molecular flexibility index (Phi) is 4.87. The molecule has 3 atom stereocenters. The quantitative estimate of drug-likeness (QED) is 0.471. The Hall–Kier alpha value is -1.23. The third kappa shape index (κ3) is 3.91. The summed E-state index contributed by atoms with van der Waals surface area (Å²) >= 11 is 1.51. The van der Waals surface area contributed by atoms with Gasteiger partial charge in [0.05, 0.1) is 12.6 Å². The molecule has 2 rings (SSSR count). The third-order valence-corrected chi connectivity index (χ3v) is 3.78. The van der Waals surface area contributed by atoms with Gasteiger partial charge in [-0.3, -0.25) is 0 Å². The van der Waals surface area contributed by atoms with Gasteiger partial charge in [-0.15, -0.1) is 0 Å². The highest BCUT2D eigenvalue weighted by Gasteiger charge is 2.29. The number of ether oxygens (including phenoxy) is 1. The van der Waals surface area contributed by atoms with Crippen LogP contribution in [0.5, 0.6) is 0 Å². The molecule has 1 aromatic carbocycles. The lowest BCUT2D eigenvalue weighted by Crippen LogP contribution is -2.33. The van der Waals surface area contributed by atoms with Crippen LogP contribution in [-0.4, -0.2) is 24.3 Å². The molecule has 0 aliphatic carbocycles. The van der Waals surface area contributed by atoms with E-state index in [-0.39, 0.29) is 18.1 Å². The van der Waals surface area contributed by atoms with E-state index in [9.17, 15) is 4.39 Å². The number of azide groups is 1. The molecule has 0 aromatic heterocycles. The Morgan fingerprint density at radius 1 is 1.39 bits per heavy atom. The summed E-state index contributed by atoms with van der Waals surface area (Å²) in [6, 6.07) is 9.76. The maximum atomic E-state index is 13.6. The van der Waals surface area contributed by atoms with E-state index in [1.165, 1.54) is 11.8 Å². The second kappa shape index (κ2) is 6.64. The molecular weight excluding hydrogens is 253 g/mol. The molecule has 0 bridgehead atoms. The van der Waals surface area contributed by atoms with Crippen LogP contribution in [0.4, 0.5) is 4.39 Å². The summed E-state index contributed by atoms with van der Waals surface area (Å²) in [5, 5.41) is 3.45. The van der Waals surface area contributed by atoms with Crippen molar-refractivity contribution in [2.75, 3.05) is 6.54 Å². The van der Waals surface area contributed by atoms with E-state index in [0.717, 1.165) is 4.90 Å². The molecule has 0 unspecified atom stereocenters. The fourth-order valence-corrected chi connectivity index (χ4v) is 3.02. The van der Waals surface area contributed by atoms with Gasteiger partial charge in [0, 0.05) is 22.6 Å². The van der Waals surface area contributed by atoms with Crippen LogP contribution in [0.3, 0.4) is 0 Å². The summed E-state index contributed by atoms with van der Waals surface area (Å²) in [4.78, 5) is 3.73. The van der Waals surface area contributed by atoms with Crippen LogP contribution in [-0.2, 0) is 4.74 Å². The third-order valence-electron chi connectivity index (χ3n) is 2.67. The monoisotopic (exact) mass is 267 g/mol. The van der Waals surface area contributed by atoms with E-state index in [1.807, 2.05) is 30.3 Å². The van der Waals surface area contributed by atoms with Gasteiger partial charge in [-0.25, -0.2) is 4.39 Å². The summed E-state index contributed by atoms with van der Waals surface area (Å²) < 4.78 is 19.3. The number of hydrogen-bond acceptors (Lipinski definition) is 3. The van der Waals surface area contributed by atoms with Gasteiger partial charge in [0.15, 0.2) is 0 Å². The van der Waals surface area contributed by atoms with E-state index >= 15 is 0 Å². The van der Waals surface area contributed by atoms with Gasteiger partial charge in [-0.1, -0.05) is 35.1 Å². The van der Waals surface area contributed by atoms with E-state index in [1.54, 1.807) is 0 Å². The number of halogens is 1. The van der Waals surface area contributed by atoms with Crippen LogP contribution >= 0.6 is 11.8 Å². The van der Waals surface area contributed by atoms with Crippen molar-refractivity contribution in [3.63, 3.8) is 0 Å². The second-order valence-electron chi connectivity index (χ2n) is 4.10. The van der Waals surface area contributed by atoms with E-state index < -0.39 is 6.17 Å². The van der Waals surface area contributed by atoms with Crippen LogP contribution in [0, 0.1) is 0 Å². The van der Waals surface area contributed by atoms with Crippen molar-refractivity contribution in [3.05, 3.63) is 40.8 Å². The molecule has 1 fully saturated rings. The minimum absolute atomic E-state index is 0.197. The second-order valence-corrected chi connectivity index (χ2v) is 5.33. The van der Waals surface area contributed by atoms with E-state index in [2.05, 4.69) is 10.0 Å². The molecule has 0 amide bonds. The highest BCUT2D eigenvalue weighted by Crippen LogP contribution is 2.33. The van der Waals surface area contributed by atoms with Crippen molar-refractivity contribution in [2.45, 2.75) is 35.4 Å². The first-order chi connectivity index (χ1) is 8.78. The molecule has 1 aliphatic heterocycles. The standard InChI is InChI=1S/C12H14FN3OS/c13-9-6-10(8-15-16-14)17-12(7-9)18-11-4-2-1-3-5-11/h1-5,9-10,12H,6-8H2/t9-,10-,12-/m0/s1. The van der Waals surface area contributed by atoms with E-state index in [4.69, 9.17) is 10.3 Å². The lowest BCUT2D eigenvalue weighted by atomic mass is 10.1. The predicted octanol–water partition coefficient (Wildman–Crippen LogP) is 3.93. The molecule has 1 heterocycles. The smallest absolute Gasteiger partial charge is 0.110 e. The summed E-state index contributed by atoms with van der Waals surface area (Å²) in [6.07, 6.45) is -0.512. The molecule has 0 saturated carbocycles. The molecule has 1 aromatic rings. The van der Waals surface area contributed by atoms with Gasteiger partial charge in [-0.05, 0) is 17.7 Å². The molecule has 18 heavy (non-hydrogen) atoms. The molecule has 0 radical (unpaired) electrons. The van der Waals surface area contributed by atoms with Crippen LogP contribution < -0.4 is 0 Å². The average Bonchev–Trinajstić information content (AvgIpc) is 2.37. The van der Waals surface area contributed by atoms with Crippen molar-refractivity contribution in [2.24, 2.45) is 5.11 Å². The lowest BCUT2D eigenvalue weighted by molar-refractivity contribution is -0.0302. The zero-order valence-corrected chi connectivity index (χ0v) is 10.6. The van der Waals surface area contributed by atoms with Crippen LogP contribution in [0.15, 0.2) is 40.3 Å². The summed E-state index contributed by atoms with van der Waals surface area (Å²) in [5.41, 5.74) is 8.05. The van der Waals surface area contributed by atoms with Gasteiger partial charge in [0.25, 0.3) is 0 Å². The highest BCUT2D eigenvalue weighted by atomic mass is 32.2. The molecule has 96 valence electrons. The summed E-state index contributed by atoms with van der Waals surface area (Å²) in [5.74, 6) is 0. The Labute approximate surface area is 109 Å². The number of benzene rings is 1. The molecule has 1 aliphatic rings. The summed E-state index contributed by atoms with van der Waals surface area (Å²) in [7, 11) is 0.